The first-order chi connectivity index (χ1) is 10.3. The van der Waals surface area contributed by atoms with Crippen LogP contribution >= 0.6 is 0 Å². The smallest absolute Gasteiger partial charge is 0.319 e. The predicted octanol–water partition coefficient (Wildman–Crippen LogP) is 2.48. The van der Waals surface area contributed by atoms with Gasteiger partial charge in [-0.2, -0.15) is 0 Å². The Hall–Kier alpha value is -1.88. The third-order valence-corrected chi connectivity index (χ3v) is 4.19. The Labute approximate surface area is 124 Å². The van der Waals surface area contributed by atoms with Crippen molar-refractivity contribution in [1.82, 2.24) is 14.9 Å². The molecule has 1 fully saturated rings. The molecule has 1 aromatic carbocycles. The number of hydrogen-bond acceptors (Lipinski definition) is 4. The molecule has 1 aliphatic carbocycles. The lowest BCUT2D eigenvalue weighted by Crippen LogP contribution is -2.37. The summed E-state index contributed by atoms with van der Waals surface area (Å²) in [7, 11) is 1.44. The van der Waals surface area contributed by atoms with Crippen LogP contribution in [-0.4, -0.2) is 40.5 Å². The zero-order chi connectivity index (χ0) is 14.7. The molecule has 0 bridgehead atoms. The van der Waals surface area contributed by atoms with Crippen LogP contribution in [0.2, 0.25) is 0 Å². The van der Waals surface area contributed by atoms with Crippen molar-refractivity contribution in [3.63, 3.8) is 0 Å². The Morgan fingerprint density at radius 2 is 2.14 bits per heavy atom. The minimum Gasteiger partial charge on any atom is -0.468 e. The molecule has 5 heteroatoms. The Kier molecular flexibility index (Phi) is 4.20. The molecule has 1 heterocycles. The molecular weight excluding hydrogens is 266 g/mol. The zero-order valence-corrected chi connectivity index (χ0v) is 12.3. The van der Waals surface area contributed by atoms with E-state index in [9.17, 15) is 4.79 Å². The number of fused-ring (bicyclic) bond motifs is 1. The molecule has 0 atom stereocenters. The molecule has 21 heavy (non-hydrogen) atoms. The molecule has 1 aromatic heterocycles. The molecule has 0 spiro atoms. The lowest BCUT2D eigenvalue weighted by Gasteiger charge is -2.26. The summed E-state index contributed by atoms with van der Waals surface area (Å²) in [6, 6.07) is 8.45. The highest BCUT2D eigenvalue weighted by Crippen LogP contribution is 2.25. The van der Waals surface area contributed by atoms with Gasteiger partial charge in [-0.25, -0.2) is 4.98 Å². The van der Waals surface area contributed by atoms with E-state index in [2.05, 4.69) is 14.9 Å². The topological polar surface area (TPSA) is 58.2 Å². The van der Waals surface area contributed by atoms with E-state index in [0.717, 1.165) is 29.7 Å². The van der Waals surface area contributed by atoms with Gasteiger partial charge in [0.15, 0.2) is 0 Å². The fourth-order valence-electron chi connectivity index (χ4n) is 3.09. The van der Waals surface area contributed by atoms with Crippen molar-refractivity contribution in [1.29, 1.82) is 0 Å². The second kappa shape index (κ2) is 6.26. The van der Waals surface area contributed by atoms with Crippen molar-refractivity contribution in [2.45, 2.75) is 38.3 Å². The van der Waals surface area contributed by atoms with Crippen LogP contribution in [0.3, 0.4) is 0 Å². The molecule has 3 rings (SSSR count). The maximum atomic E-state index is 11.6. The van der Waals surface area contributed by atoms with Gasteiger partial charge in [0.1, 0.15) is 5.82 Å². The second-order valence-electron chi connectivity index (χ2n) is 5.62. The molecule has 0 unspecified atom stereocenters. The number of imidazole rings is 1. The van der Waals surface area contributed by atoms with Gasteiger partial charge in [0.2, 0.25) is 0 Å². The molecule has 1 N–H and O–H groups in total. The summed E-state index contributed by atoms with van der Waals surface area (Å²) in [5, 5.41) is 0. The first-order valence-electron chi connectivity index (χ1n) is 7.51. The standard InChI is InChI=1S/C16H21N3O2/c1-21-16(20)11-19(12-6-2-3-7-12)10-15-17-13-8-4-5-9-14(13)18-15/h4-5,8-9,12H,2-3,6-7,10-11H2,1H3,(H,17,18). The van der Waals surface area contributed by atoms with E-state index >= 15 is 0 Å². The SMILES string of the molecule is COC(=O)CN(Cc1nc2ccccc2[nH]1)C1CCCC1. The van der Waals surface area contributed by atoms with Crippen molar-refractivity contribution in [3.05, 3.63) is 30.1 Å². The lowest BCUT2D eigenvalue weighted by molar-refractivity contribution is -0.142. The van der Waals surface area contributed by atoms with Crippen molar-refractivity contribution in [2.75, 3.05) is 13.7 Å². The summed E-state index contributed by atoms with van der Waals surface area (Å²) in [5.41, 5.74) is 2.01. The van der Waals surface area contributed by atoms with Crippen LogP contribution < -0.4 is 0 Å². The molecule has 1 aliphatic rings. The third-order valence-electron chi connectivity index (χ3n) is 4.19. The number of nitrogens with one attached hydrogen (secondary N) is 1. The van der Waals surface area contributed by atoms with Crippen molar-refractivity contribution < 1.29 is 9.53 Å². The summed E-state index contributed by atoms with van der Waals surface area (Å²) in [4.78, 5) is 21.8. The first kappa shape index (κ1) is 14.1. The molecule has 0 aliphatic heterocycles. The summed E-state index contributed by atoms with van der Waals surface area (Å²) in [6.07, 6.45) is 4.78. The highest BCUT2D eigenvalue weighted by Gasteiger charge is 2.25. The van der Waals surface area contributed by atoms with Crippen molar-refractivity contribution in [2.24, 2.45) is 0 Å². The van der Waals surface area contributed by atoms with Gasteiger partial charge in [-0.1, -0.05) is 25.0 Å². The number of esters is 1. The van der Waals surface area contributed by atoms with Crippen molar-refractivity contribution in [3.8, 4) is 0 Å². The number of carbonyl (C=O) groups is 1. The Balaban J connectivity index is 1.77. The third kappa shape index (κ3) is 3.24. The van der Waals surface area contributed by atoms with Gasteiger partial charge >= 0.3 is 5.97 Å². The normalized spacial score (nSPS) is 15.9. The van der Waals surface area contributed by atoms with Crippen LogP contribution in [-0.2, 0) is 16.1 Å². The van der Waals surface area contributed by atoms with E-state index in [4.69, 9.17) is 4.74 Å². The van der Waals surface area contributed by atoms with Crippen LogP contribution in [0, 0.1) is 0 Å². The fraction of sp³-hybridized carbons (Fsp3) is 0.500. The van der Waals surface area contributed by atoms with E-state index in [1.807, 2.05) is 24.3 Å². The Morgan fingerprint density at radius 3 is 2.86 bits per heavy atom. The highest BCUT2D eigenvalue weighted by molar-refractivity contribution is 5.74. The number of rotatable bonds is 5. The van der Waals surface area contributed by atoms with Gasteiger partial charge in [-0.15, -0.1) is 0 Å². The molecule has 112 valence electrons. The van der Waals surface area contributed by atoms with Crippen LogP contribution in [0.25, 0.3) is 11.0 Å². The largest absolute Gasteiger partial charge is 0.468 e. The number of ether oxygens (including phenoxy) is 1. The number of nitrogens with zero attached hydrogens (tertiary/aromatic N) is 2. The fourth-order valence-corrected chi connectivity index (χ4v) is 3.09. The molecule has 0 saturated heterocycles. The summed E-state index contributed by atoms with van der Waals surface area (Å²) in [5.74, 6) is 0.727. The van der Waals surface area contributed by atoms with E-state index in [1.165, 1.54) is 20.0 Å². The average Bonchev–Trinajstić information content (AvgIpc) is 3.15. The van der Waals surface area contributed by atoms with Gasteiger partial charge in [-0.05, 0) is 25.0 Å². The van der Waals surface area contributed by atoms with E-state index < -0.39 is 0 Å². The number of aromatic amines is 1. The number of aromatic nitrogens is 2. The minimum absolute atomic E-state index is 0.182. The number of para-hydroxylation sites is 2. The van der Waals surface area contributed by atoms with Gasteiger partial charge in [-0.3, -0.25) is 9.69 Å². The number of benzene rings is 1. The van der Waals surface area contributed by atoms with Gasteiger partial charge < -0.3 is 9.72 Å². The Bertz CT molecular complexity index is 584. The highest BCUT2D eigenvalue weighted by atomic mass is 16.5. The second-order valence-corrected chi connectivity index (χ2v) is 5.62. The van der Waals surface area contributed by atoms with Gasteiger partial charge in [0.05, 0.1) is 31.2 Å². The number of H-pyrrole nitrogens is 1. The summed E-state index contributed by atoms with van der Waals surface area (Å²) >= 11 is 0. The summed E-state index contributed by atoms with van der Waals surface area (Å²) < 4.78 is 4.83. The first-order valence-corrected chi connectivity index (χ1v) is 7.51. The monoisotopic (exact) mass is 287 g/mol. The Morgan fingerprint density at radius 1 is 1.38 bits per heavy atom. The average molecular weight is 287 g/mol. The zero-order valence-electron chi connectivity index (χ0n) is 12.3. The van der Waals surface area contributed by atoms with Gasteiger partial charge in [0.25, 0.3) is 0 Å². The maximum absolute atomic E-state index is 11.6. The van der Waals surface area contributed by atoms with E-state index in [0.29, 0.717) is 19.1 Å². The molecule has 0 radical (unpaired) electrons. The molecule has 1 saturated carbocycles. The summed E-state index contributed by atoms with van der Waals surface area (Å²) in [6.45, 7) is 0.993. The maximum Gasteiger partial charge on any atom is 0.319 e. The van der Waals surface area contributed by atoms with Crippen LogP contribution in [0.1, 0.15) is 31.5 Å². The predicted molar refractivity (Wildman–Crippen MR) is 80.8 cm³/mol. The van der Waals surface area contributed by atoms with Gasteiger partial charge in [0, 0.05) is 6.04 Å². The lowest BCUT2D eigenvalue weighted by atomic mass is 10.2. The molecule has 5 nitrogen and oxygen atoms in total. The minimum atomic E-state index is -0.182. The number of methoxy groups -OCH3 is 1. The van der Waals surface area contributed by atoms with Crippen LogP contribution in [0.15, 0.2) is 24.3 Å². The number of carbonyl (C=O) groups excluding carboxylic acids is 1. The van der Waals surface area contributed by atoms with E-state index in [1.54, 1.807) is 0 Å². The molecule has 2 aromatic rings. The van der Waals surface area contributed by atoms with Crippen molar-refractivity contribution >= 4 is 17.0 Å². The molecular formula is C16H21N3O2. The van der Waals surface area contributed by atoms with Crippen LogP contribution in [0.5, 0.6) is 0 Å². The van der Waals surface area contributed by atoms with E-state index in [-0.39, 0.29) is 5.97 Å². The number of hydrogen-bond donors (Lipinski definition) is 1. The quantitative estimate of drug-likeness (QED) is 0.858. The molecule has 0 amide bonds. The van der Waals surface area contributed by atoms with Crippen LogP contribution in [0.4, 0.5) is 0 Å².